The maximum absolute atomic E-state index is 12.5. The number of halogens is 2. The van der Waals surface area contributed by atoms with Crippen molar-refractivity contribution in [2.24, 2.45) is 0 Å². The molecule has 4 atom stereocenters. The van der Waals surface area contributed by atoms with Crippen LogP contribution in [0.2, 0.25) is 0 Å². The van der Waals surface area contributed by atoms with Gasteiger partial charge in [0.25, 0.3) is 10.2 Å². The molecule has 0 radical (unpaired) electrons. The molecule has 0 spiro atoms. The molecule has 0 heterocycles. The highest BCUT2D eigenvalue weighted by molar-refractivity contribution is 9.09. The van der Waals surface area contributed by atoms with Crippen molar-refractivity contribution in [1.82, 2.24) is 0 Å². The van der Waals surface area contributed by atoms with Gasteiger partial charge in [0.1, 0.15) is 36.2 Å². The molecule has 0 aliphatic heterocycles. The molecule has 40 nitrogen and oxygen atoms in total. The van der Waals surface area contributed by atoms with Crippen LogP contribution in [-0.4, -0.2) is 210 Å². The maximum Gasteiger partial charge on any atom is 0.344 e. The van der Waals surface area contributed by atoms with E-state index < -0.39 is 164 Å². The van der Waals surface area contributed by atoms with Gasteiger partial charge in [-0.3, -0.25) is 43.2 Å². The lowest BCUT2D eigenvalue weighted by molar-refractivity contribution is -0.757. The van der Waals surface area contributed by atoms with Crippen molar-refractivity contribution >= 4 is 170 Å². The van der Waals surface area contributed by atoms with Crippen LogP contribution in [-0.2, 0) is 143 Å². The highest BCUT2D eigenvalue weighted by Crippen LogP contribution is 2.32. The Kier molecular flexibility index (Phi) is 55.2. The molecular formula is C100H116Br2N2O38. The molecule has 4 unspecified atom stereocenters. The van der Waals surface area contributed by atoms with Gasteiger partial charge in [0, 0.05) is 42.8 Å². The minimum absolute atomic E-state index is 0.00518. The van der Waals surface area contributed by atoms with Crippen molar-refractivity contribution in [3.8, 4) is 23.0 Å². The maximum atomic E-state index is 12.5. The number of methoxy groups -OCH3 is 2. The highest BCUT2D eigenvalue weighted by Gasteiger charge is 2.26. The first kappa shape index (κ1) is 118. The number of fused-ring (bicyclic) bond motifs is 4. The topological polar surface area (TPSA) is 526 Å². The van der Waals surface area contributed by atoms with Gasteiger partial charge in [-0.15, -0.1) is 20.2 Å². The summed E-state index contributed by atoms with van der Waals surface area (Å²) in [5, 5.41) is 27.0. The van der Waals surface area contributed by atoms with E-state index >= 15 is 0 Å². The van der Waals surface area contributed by atoms with Crippen LogP contribution in [0.4, 0.5) is 0 Å². The Morgan fingerprint density at radius 3 is 0.761 bits per heavy atom. The van der Waals surface area contributed by atoms with Crippen molar-refractivity contribution in [2.45, 2.75) is 181 Å². The number of hydrogen-bond donors (Lipinski definition) is 0. The summed E-state index contributed by atoms with van der Waals surface area (Å²) >= 11 is 6.74. The van der Waals surface area contributed by atoms with Crippen molar-refractivity contribution in [3.05, 3.63) is 188 Å². The van der Waals surface area contributed by atoms with E-state index in [0.717, 1.165) is 105 Å². The second kappa shape index (κ2) is 66.3. The van der Waals surface area contributed by atoms with E-state index in [2.05, 4.69) is 55.7 Å². The molecule has 8 rings (SSSR count). The second-order valence-corrected chi connectivity index (χ2v) is 32.8. The van der Waals surface area contributed by atoms with Crippen LogP contribution in [0.1, 0.15) is 203 Å². The molecule has 0 aliphatic rings. The monoisotopic (exact) mass is 2110 g/mol. The Labute approximate surface area is 834 Å². The molecule has 0 amide bonds. The Bertz CT molecular complexity index is 5590. The number of rotatable bonds is 56. The molecule has 0 bridgehead atoms. The van der Waals surface area contributed by atoms with E-state index in [1.165, 1.54) is 7.11 Å². The van der Waals surface area contributed by atoms with Crippen molar-refractivity contribution in [3.63, 3.8) is 0 Å². The third-order valence-electron chi connectivity index (χ3n) is 20.4. The molecule has 0 N–H and O–H groups in total. The van der Waals surface area contributed by atoms with Gasteiger partial charge in [-0.1, -0.05) is 168 Å². The molecule has 8 aromatic rings. The number of hydrogen-bond acceptors (Lipinski definition) is 38. The number of carbonyl (C=O) groups excluding carboxylic acids is 16. The van der Waals surface area contributed by atoms with Crippen LogP contribution in [0.25, 0.3) is 43.1 Å². The van der Waals surface area contributed by atoms with Gasteiger partial charge in [-0.25, -0.2) is 33.6 Å². The van der Waals surface area contributed by atoms with Crippen molar-refractivity contribution < 1.29 is 172 Å². The molecule has 0 saturated carbocycles. The smallest absolute Gasteiger partial charge is 0.344 e. The summed E-state index contributed by atoms with van der Waals surface area (Å²) in [6, 6.07) is 42.3. The fraction of sp³-hybridized carbons (Fsp3) is 0.440. The number of carbonyl (C=O) groups is 16. The van der Waals surface area contributed by atoms with Gasteiger partial charge in [0.15, 0.2) is 46.2 Å². The zero-order valence-corrected chi connectivity index (χ0v) is 83.1. The van der Waals surface area contributed by atoms with E-state index in [-0.39, 0.29) is 64.2 Å². The number of esters is 16. The Morgan fingerprint density at radius 2 is 0.500 bits per heavy atom. The van der Waals surface area contributed by atoms with Crippen LogP contribution in [0.3, 0.4) is 0 Å². The van der Waals surface area contributed by atoms with Crippen molar-refractivity contribution in [1.29, 1.82) is 0 Å². The molecule has 0 fully saturated rings. The first-order valence-corrected chi connectivity index (χ1v) is 47.7. The largest absolute Gasteiger partial charge is 0.466 e. The minimum atomic E-state index is -0.909. The zero-order valence-electron chi connectivity index (χ0n) is 80.0. The molecule has 0 aromatic heterocycles. The molecule has 0 saturated heterocycles. The zero-order chi connectivity index (χ0) is 104. The average Bonchev–Trinajstić information content (AvgIpc) is 0.826. The van der Waals surface area contributed by atoms with Crippen LogP contribution < -0.4 is 18.9 Å². The van der Waals surface area contributed by atoms with Gasteiger partial charge in [-0.2, -0.15) is 0 Å². The first-order chi connectivity index (χ1) is 68.0. The van der Waals surface area contributed by atoms with E-state index in [1.54, 1.807) is 144 Å². The number of alkyl halides is 2. The van der Waals surface area contributed by atoms with Gasteiger partial charge < -0.3 is 85.5 Å². The average molecular weight is 2110 g/mol. The number of benzene rings is 8. The van der Waals surface area contributed by atoms with Crippen LogP contribution in [0, 0.1) is 20.2 Å². The lowest BCUT2D eigenvalue weighted by Crippen LogP contribution is -2.23. The molecule has 768 valence electrons. The van der Waals surface area contributed by atoms with Gasteiger partial charge in [0.2, 0.25) is 0 Å². The summed E-state index contributed by atoms with van der Waals surface area (Å²) in [6.07, 6.45) is 10.7. The summed E-state index contributed by atoms with van der Waals surface area (Å²) in [5.41, 5.74) is 2.75. The second-order valence-electron chi connectivity index (χ2n) is 31.2. The molecule has 8 aromatic carbocycles. The fourth-order valence-corrected chi connectivity index (χ4v) is 13.2. The molecule has 0 aliphatic carbocycles. The van der Waals surface area contributed by atoms with Gasteiger partial charge in [-0.05, 0) is 199 Å². The van der Waals surface area contributed by atoms with E-state index in [9.17, 15) is 96.9 Å². The standard InChI is InChI=1S/C28H33BrO10.C26H31NO11.C24H27NO11.C22H25BrO6/c1-3-24(30)35-13-14-36-26(32)17-37-27(33)18-38-28(34)19(2)20-8-9-22-16-23(11-10-21(22)15-20)39-25(31)7-5-4-6-12-29;1-3-12-34-24(29)16-35-25(30)17-36-26(31)18(2)19-8-9-21-15-22(11-10-20(21)14-19)38-23(28)7-5-4-6-13-37-27(32)33;1-16(24(29)34-15-23(28)33-14-22(27)32-2)17-7-8-19-13-20(10-9-18(19)12-17)36-21(26)6-4-3-5-11-35-25(30)31;1-15(22(26)28-14-21(25)27-2)16-7-8-18-13-19(10-9-17(18)12-16)29-20(24)6-4-3-5-11-23/h8-11,15-16,19H,3-7,12-14,17-18H2,1-2H3;8-11,14-15,18H,3-7,12-13,16-17H2,1-2H3;7-10,12-13,16H,3-6,11,14-15H2,1-2H3;7-10,12-13,15H,3-6,11,14H2,1-2H3. The summed E-state index contributed by atoms with van der Waals surface area (Å²) in [5.74, 6) is -10.5. The van der Waals surface area contributed by atoms with Crippen LogP contribution >= 0.6 is 31.9 Å². The number of unbranched alkanes of at least 4 members (excludes halogenated alkanes) is 8. The highest BCUT2D eigenvalue weighted by atomic mass is 79.9. The van der Waals surface area contributed by atoms with Crippen molar-refractivity contribution in [2.75, 3.05) is 104 Å². The first-order valence-electron chi connectivity index (χ1n) is 45.4. The molecule has 42 heteroatoms. The van der Waals surface area contributed by atoms with Gasteiger partial charge >= 0.3 is 95.5 Å². The summed E-state index contributed by atoms with van der Waals surface area (Å²) in [6.45, 7) is 5.96. The lowest BCUT2D eigenvalue weighted by Gasteiger charge is -2.13. The summed E-state index contributed by atoms with van der Waals surface area (Å²) in [4.78, 5) is 217. The van der Waals surface area contributed by atoms with Crippen LogP contribution in [0.5, 0.6) is 23.0 Å². The Morgan fingerprint density at radius 1 is 0.268 bits per heavy atom. The molecule has 142 heavy (non-hydrogen) atoms. The van der Waals surface area contributed by atoms with E-state index in [4.69, 9.17) is 61.6 Å². The quantitative estimate of drug-likeness (QED) is 0.00650. The van der Waals surface area contributed by atoms with E-state index in [0.29, 0.717) is 97.5 Å². The number of nitrogens with zero attached hydrogens (tertiary/aromatic N) is 2. The predicted molar refractivity (Wildman–Crippen MR) is 514 cm³/mol. The third-order valence-corrected chi connectivity index (χ3v) is 21.5. The minimum Gasteiger partial charge on any atom is -0.466 e. The number of ether oxygens (including phenoxy) is 16. The summed E-state index contributed by atoms with van der Waals surface area (Å²) < 4.78 is 78.7. The SMILES string of the molecule is CCC(=O)OCCOC(=O)COC(=O)COC(=O)C(C)c1ccc2cc(OC(=O)CCCCCBr)ccc2c1.CCCOC(=O)COC(=O)COC(=O)C(C)c1ccc2cc(OC(=O)CCCCCO[N+](=O)[O-])ccc2c1.COC(=O)COC(=O)C(C)c1ccc2cc(OC(=O)CCCCCBr)ccc2c1.COC(=O)COC(=O)COC(=O)C(C)c1ccc2cc(OC(=O)CCCCCO[N+](=O)[O-])ccc2c1. The Balaban J connectivity index is 0.000000335. The third kappa shape index (κ3) is 47.1. The fourth-order valence-electron chi connectivity index (χ4n) is 12.4. The molecular weight excluding hydrogens is 2000 g/mol. The Hall–Kier alpha value is -14.3. The lowest BCUT2D eigenvalue weighted by atomic mass is 9.98. The normalized spacial score (nSPS) is 11.4. The van der Waals surface area contributed by atoms with Crippen LogP contribution in [0.15, 0.2) is 146 Å². The predicted octanol–water partition coefficient (Wildman–Crippen LogP) is 15.4. The van der Waals surface area contributed by atoms with Gasteiger partial charge in [0.05, 0.1) is 57.7 Å². The van der Waals surface area contributed by atoms with E-state index in [1.807, 2.05) is 43.3 Å². The summed E-state index contributed by atoms with van der Waals surface area (Å²) in [7, 11) is 2.39.